The van der Waals surface area contributed by atoms with Gasteiger partial charge >= 0.3 is 0 Å². The fourth-order valence-electron chi connectivity index (χ4n) is 6.56. The molecule has 5 N–H and O–H groups in total. The monoisotopic (exact) mass is 756 g/mol. The molecule has 4 fully saturated rings. The van der Waals surface area contributed by atoms with Gasteiger partial charge in [-0.15, -0.1) is 8.67 Å². The number of methoxy groups -OCH3 is 1. The maximum atomic E-state index is 11.5. The third-order valence-corrected chi connectivity index (χ3v) is 9.81. The van der Waals surface area contributed by atoms with E-state index in [1.807, 2.05) is 6.92 Å². The molecule has 0 aliphatic carbocycles. The van der Waals surface area contributed by atoms with Crippen LogP contribution in [0.4, 0.5) is 0 Å². The van der Waals surface area contributed by atoms with Crippen molar-refractivity contribution in [3.8, 4) is 0 Å². The summed E-state index contributed by atoms with van der Waals surface area (Å²) in [6, 6.07) is 0. The molecule has 0 aromatic heterocycles. The molecule has 49 heavy (non-hydrogen) atoms. The second-order valence-corrected chi connectivity index (χ2v) is 12.6. The molecule has 4 aliphatic heterocycles. The number of aliphatic hydroxyl groups is 5. The van der Waals surface area contributed by atoms with E-state index in [0.717, 1.165) is 0 Å². The zero-order chi connectivity index (χ0) is 35.3. The summed E-state index contributed by atoms with van der Waals surface area (Å²) in [4.78, 5) is 8.72. The van der Waals surface area contributed by atoms with Gasteiger partial charge < -0.3 is 58.7 Å². The molecule has 20 nitrogen and oxygen atoms in total. The third-order valence-electron chi connectivity index (χ3n) is 8.99. The standard InChI is InChI=1S/C27H48O20S2/c1-5-13-21(30)19(39-16(6-28)24(13)42-48-46-44-34-3)10-37-9-15-22(31)20(40-17(7-29)25(15)43-49-47-45-35-4)11-36-8-14-18-12-38-26(14)23(32)27(33-2)41-18/h13-32H,5-12H2,1-4H3/t13-,14-,15-,16?,17?,18?,19+,20-,21?,22?,23?,24+,25+,26+,27-/m0/s1. The third kappa shape index (κ3) is 10.7. The van der Waals surface area contributed by atoms with Gasteiger partial charge in [-0.2, -0.15) is 0 Å². The van der Waals surface area contributed by atoms with Crippen LogP contribution in [0.15, 0.2) is 0 Å². The number of rotatable bonds is 22. The molecular formula is C27H48O20S2. The Labute approximate surface area is 292 Å². The first-order chi connectivity index (χ1) is 23.8. The molecule has 0 amide bonds. The van der Waals surface area contributed by atoms with Crippen LogP contribution in [0.5, 0.6) is 0 Å². The molecule has 22 heteroatoms. The van der Waals surface area contributed by atoms with Crippen LogP contribution >= 0.6 is 24.6 Å². The van der Waals surface area contributed by atoms with Crippen LogP contribution in [0.1, 0.15) is 13.3 Å². The highest BCUT2D eigenvalue weighted by atomic mass is 32.2. The van der Waals surface area contributed by atoms with Crippen molar-refractivity contribution in [3.05, 3.63) is 0 Å². The quantitative estimate of drug-likeness (QED) is 0.0368. The highest BCUT2D eigenvalue weighted by molar-refractivity contribution is 7.89. The molecule has 15 atom stereocenters. The van der Waals surface area contributed by atoms with Crippen molar-refractivity contribution in [2.75, 3.05) is 67.6 Å². The Kier molecular flexibility index (Phi) is 18.3. The number of hydrogen-bond donors (Lipinski definition) is 5. The summed E-state index contributed by atoms with van der Waals surface area (Å²) in [5, 5.41) is 62.0. The molecule has 6 unspecified atom stereocenters. The fourth-order valence-corrected chi connectivity index (χ4v) is 7.50. The van der Waals surface area contributed by atoms with E-state index in [0.29, 0.717) is 31.1 Å². The molecule has 0 radical (unpaired) electrons. The molecule has 0 aromatic rings. The van der Waals surface area contributed by atoms with Gasteiger partial charge in [-0.3, -0.25) is 8.37 Å². The van der Waals surface area contributed by atoms with Crippen molar-refractivity contribution in [2.24, 2.45) is 17.8 Å². The van der Waals surface area contributed by atoms with Crippen LogP contribution in [0.25, 0.3) is 0 Å². The van der Waals surface area contributed by atoms with Gasteiger partial charge in [0.1, 0.15) is 42.7 Å². The van der Waals surface area contributed by atoms with E-state index in [-0.39, 0.29) is 45.1 Å². The van der Waals surface area contributed by atoms with Gasteiger partial charge in [-0.1, -0.05) is 17.0 Å². The van der Waals surface area contributed by atoms with Crippen molar-refractivity contribution < 1.29 is 95.6 Å². The molecule has 2 bridgehead atoms. The van der Waals surface area contributed by atoms with Crippen molar-refractivity contribution in [1.82, 2.24) is 0 Å². The van der Waals surface area contributed by atoms with E-state index in [1.54, 1.807) is 0 Å². The predicted molar refractivity (Wildman–Crippen MR) is 161 cm³/mol. The largest absolute Gasteiger partial charge is 0.394 e. The van der Waals surface area contributed by atoms with Gasteiger partial charge in [0.2, 0.25) is 0 Å². The SMILES string of the molecule is CC[C@H]1C(O)[C@@H](COC[C@H]2C(O)[C@H](COC[C@H]3C4CO[C@H]3C(O)[C@@H](OC)O4)OC(CO)[C@@H]2OSOOOC)OC(CO)[C@@H]1OSOOOC. The summed E-state index contributed by atoms with van der Waals surface area (Å²) in [6.07, 6.45) is -9.84. The zero-order valence-corrected chi connectivity index (χ0v) is 29.1. The molecule has 0 aromatic carbocycles. The predicted octanol–water partition coefficient (Wildman–Crippen LogP) is -1.43. The molecular weight excluding hydrogens is 708 g/mol. The second kappa shape index (κ2) is 21.6. The molecule has 0 saturated carbocycles. The maximum Gasteiger partial charge on any atom is 0.198 e. The smallest absolute Gasteiger partial charge is 0.198 e. The second-order valence-electron chi connectivity index (χ2n) is 11.7. The first-order valence-corrected chi connectivity index (χ1v) is 17.1. The molecule has 4 aliphatic rings. The van der Waals surface area contributed by atoms with Gasteiger partial charge in [0.05, 0.1) is 84.9 Å². The lowest BCUT2D eigenvalue weighted by atomic mass is 9.84. The lowest BCUT2D eigenvalue weighted by Crippen LogP contribution is -2.59. The fraction of sp³-hybridized carbons (Fsp3) is 1.00. The molecule has 4 heterocycles. The normalized spacial score (nSPS) is 41.0. The summed E-state index contributed by atoms with van der Waals surface area (Å²) >= 11 is 0.872. The minimum Gasteiger partial charge on any atom is -0.394 e. The Morgan fingerprint density at radius 3 is 1.69 bits per heavy atom. The molecule has 0 spiro atoms. The highest BCUT2D eigenvalue weighted by Crippen LogP contribution is 2.37. The van der Waals surface area contributed by atoms with E-state index < -0.39 is 92.4 Å². The number of ether oxygens (including phenoxy) is 7. The first-order valence-electron chi connectivity index (χ1n) is 15.7. The zero-order valence-electron chi connectivity index (χ0n) is 27.5. The van der Waals surface area contributed by atoms with Crippen LogP contribution < -0.4 is 0 Å². The van der Waals surface area contributed by atoms with E-state index in [4.69, 9.17) is 45.9 Å². The number of hydrogen-bond acceptors (Lipinski definition) is 22. The Bertz CT molecular complexity index is 916. The molecule has 4 rings (SSSR count). The van der Waals surface area contributed by atoms with Gasteiger partial charge in [0.25, 0.3) is 0 Å². The maximum absolute atomic E-state index is 11.5. The minimum atomic E-state index is -1.23. The van der Waals surface area contributed by atoms with Crippen molar-refractivity contribution in [2.45, 2.75) is 86.8 Å². The van der Waals surface area contributed by atoms with Crippen LogP contribution in [0.3, 0.4) is 0 Å². The Morgan fingerprint density at radius 1 is 0.653 bits per heavy atom. The summed E-state index contributed by atoms with van der Waals surface area (Å²) in [6.45, 7) is 0.985. The van der Waals surface area contributed by atoms with Crippen molar-refractivity contribution >= 4 is 24.6 Å². The summed E-state index contributed by atoms with van der Waals surface area (Å²) in [5.41, 5.74) is 0. The average Bonchev–Trinajstić information content (AvgIpc) is 3.43. The lowest BCUT2D eigenvalue weighted by Gasteiger charge is -2.45. The van der Waals surface area contributed by atoms with E-state index >= 15 is 0 Å². The van der Waals surface area contributed by atoms with E-state index in [9.17, 15) is 25.5 Å². The van der Waals surface area contributed by atoms with Gasteiger partial charge in [0, 0.05) is 24.9 Å². The van der Waals surface area contributed by atoms with Crippen LogP contribution in [0.2, 0.25) is 0 Å². The van der Waals surface area contributed by atoms with Crippen molar-refractivity contribution in [1.29, 1.82) is 0 Å². The van der Waals surface area contributed by atoms with Gasteiger partial charge in [-0.05, 0) is 6.42 Å². The lowest BCUT2D eigenvalue weighted by molar-refractivity contribution is -0.449. The summed E-state index contributed by atoms with van der Waals surface area (Å²) < 4.78 is 61.1. The molecule has 4 saturated heterocycles. The minimum absolute atomic E-state index is 0.0869. The Hall–Kier alpha value is -0.100. The summed E-state index contributed by atoms with van der Waals surface area (Å²) in [7, 11) is 3.91. The number of fused-ring (bicyclic) bond motifs is 2. The first kappa shape index (κ1) is 41.7. The Balaban J connectivity index is 1.37. The van der Waals surface area contributed by atoms with Crippen LogP contribution in [-0.2, 0) is 70.0 Å². The van der Waals surface area contributed by atoms with Gasteiger partial charge in [0.15, 0.2) is 30.9 Å². The molecule has 288 valence electrons. The van der Waals surface area contributed by atoms with Gasteiger partial charge in [-0.25, -0.2) is 9.78 Å². The highest BCUT2D eigenvalue weighted by Gasteiger charge is 2.52. The summed E-state index contributed by atoms with van der Waals surface area (Å²) in [5.74, 6) is -1.58. The average molecular weight is 757 g/mol. The van der Waals surface area contributed by atoms with E-state index in [1.165, 1.54) is 21.3 Å². The topological polar surface area (TPSA) is 240 Å². The Morgan fingerprint density at radius 2 is 1.18 bits per heavy atom. The van der Waals surface area contributed by atoms with Crippen LogP contribution in [0, 0.1) is 17.8 Å². The van der Waals surface area contributed by atoms with Crippen LogP contribution in [-0.4, -0.2) is 167 Å². The van der Waals surface area contributed by atoms with Crippen molar-refractivity contribution in [3.63, 3.8) is 0 Å². The van der Waals surface area contributed by atoms with E-state index in [2.05, 4.69) is 24.2 Å². The number of aliphatic hydroxyl groups excluding tert-OH is 5.